The Balaban J connectivity index is 1.88. The third kappa shape index (κ3) is 4.29. The highest BCUT2D eigenvalue weighted by atomic mass is 16.2. The number of nitrogens with zero attached hydrogens (tertiary/aromatic N) is 2. The van der Waals surface area contributed by atoms with E-state index in [-0.39, 0.29) is 5.91 Å². The zero-order chi connectivity index (χ0) is 15.2. The molecule has 1 fully saturated rings. The summed E-state index contributed by atoms with van der Waals surface area (Å²) in [5.41, 5.74) is 6.83. The summed E-state index contributed by atoms with van der Waals surface area (Å²) in [6.07, 6.45) is 2.54. The minimum absolute atomic E-state index is 0.172. The topological polar surface area (TPSA) is 49.6 Å². The number of amides is 1. The number of likely N-dealkylation sites (tertiary alicyclic amines) is 1. The summed E-state index contributed by atoms with van der Waals surface area (Å²) < 4.78 is 0. The van der Waals surface area contributed by atoms with E-state index in [0.717, 1.165) is 25.9 Å². The van der Waals surface area contributed by atoms with E-state index in [1.165, 1.54) is 5.56 Å². The molecule has 1 aromatic rings. The van der Waals surface area contributed by atoms with Gasteiger partial charge < -0.3 is 10.6 Å². The number of carbonyl (C=O) groups is 1. The summed E-state index contributed by atoms with van der Waals surface area (Å²) in [5.74, 6) is 0.172. The van der Waals surface area contributed by atoms with Crippen molar-refractivity contribution in [2.24, 2.45) is 5.73 Å². The number of nitrogens with two attached hydrogens (primary N) is 1. The molecule has 0 radical (unpaired) electrons. The van der Waals surface area contributed by atoms with Gasteiger partial charge in [0.05, 0.1) is 0 Å². The van der Waals surface area contributed by atoms with Crippen molar-refractivity contribution in [2.75, 3.05) is 20.1 Å². The SMILES string of the molecule is CC1CC(N(C)C(=O)CCN)CCN1Cc1ccccc1. The lowest BCUT2D eigenvalue weighted by atomic mass is 9.96. The highest BCUT2D eigenvalue weighted by molar-refractivity contribution is 5.76. The Kier molecular flexibility index (Phi) is 5.76. The van der Waals surface area contributed by atoms with Crippen molar-refractivity contribution in [3.8, 4) is 0 Å². The van der Waals surface area contributed by atoms with Crippen LogP contribution in [0.25, 0.3) is 0 Å². The molecule has 0 saturated carbocycles. The van der Waals surface area contributed by atoms with Gasteiger partial charge in [-0.1, -0.05) is 30.3 Å². The number of benzene rings is 1. The molecule has 1 saturated heterocycles. The molecule has 0 bridgehead atoms. The van der Waals surface area contributed by atoms with Crippen LogP contribution in [-0.4, -0.2) is 47.9 Å². The van der Waals surface area contributed by atoms with Crippen LogP contribution in [0.15, 0.2) is 30.3 Å². The van der Waals surface area contributed by atoms with Gasteiger partial charge in [-0.05, 0) is 25.3 Å². The zero-order valence-corrected chi connectivity index (χ0v) is 13.2. The second kappa shape index (κ2) is 7.57. The van der Waals surface area contributed by atoms with Gasteiger partial charge in [0.15, 0.2) is 0 Å². The predicted molar refractivity (Wildman–Crippen MR) is 85.8 cm³/mol. The van der Waals surface area contributed by atoms with E-state index < -0.39 is 0 Å². The molecule has 0 spiro atoms. The maximum atomic E-state index is 12.0. The molecule has 1 amide bonds. The lowest BCUT2D eigenvalue weighted by Crippen LogP contribution is -2.49. The minimum Gasteiger partial charge on any atom is -0.343 e. The summed E-state index contributed by atoms with van der Waals surface area (Å²) in [7, 11) is 1.92. The van der Waals surface area contributed by atoms with Crippen LogP contribution in [0.5, 0.6) is 0 Å². The molecular weight excluding hydrogens is 262 g/mol. The molecule has 2 unspecified atom stereocenters. The number of hydrogen-bond acceptors (Lipinski definition) is 3. The van der Waals surface area contributed by atoms with Crippen LogP contribution in [0, 0.1) is 0 Å². The molecule has 1 aliphatic rings. The van der Waals surface area contributed by atoms with Crippen molar-refractivity contribution in [3.05, 3.63) is 35.9 Å². The first-order valence-corrected chi connectivity index (χ1v) is 7.85. The van der Waals surface area contributed by atoms with Crippen molar-refractivity contribution in [1.82, 2.24) is 9.80 Å². The van der Waals surface area contributed by atoms with Crippen molar-refractivity contribution in [2.45, 2.75) is 44.8 Å². The molecule has 1 aliphatic heterocycles. The first-order chi connectivity index (χ1) is 10.1. The molecule has 4 heteroatoms. The molecule has 21 heavy (non-hydrogen) atoms. The highest BCUT2D eigenvalue weighted by Crippen LogP contribution is 2.23. The molecule has 2 rings (SSSR count). The van der Waals surface area contributed by atoms with E-state index in [2.05, 4.69) is 42.2 Å². The monoisotopic (exact) mass is 289 g/mol. The minimum atomic E-state index is 0.172. The van der Waals surface area contributed by atoms with Gasteiger partial charge in [0.1, 0.15) is 0 Å². The third-order valence-electron chi connectivity index (χ3n) is 4.51. The average Bonchev–Trinajstić information content (AvgIpc) is 2.50. The lowest BCUT2D eigenvalue weighted by molar-refractivity contribution is -0.133. The van der Waals surface area contributed by atoms with Crippen LogP contribution in [0.1, 0.15) is 31.7 Å². The molecule has 116 valence electrons. The summed E-state index contributed by atoms with van der Waals surface area (Å²) in [6, 6.07) is 11.4. The smallest absolute Gasteiger partial charge is 0.223 e. The summed E-state index contributed by atoms with van der Waals surface area (Å²) in [6.45, 7) is 4.73. The van der Waals surface area contributed by atoms with Gasteiger partial charge in [0.25, 0.3) is 0 Å². The number of piperidine rings is 1. The molecule has 2 atom stereocenters. The summed E-state index contributed by atoms with van der Waals surface area (Å²) >= 11 is 0. The van der Waals surface area contributed by atoms with Gasteiger partial charge in [-0.2, -0.15) is 0 Å². The largest absolute Gasteiger partial charge is 0.343 e. The molecule has 1 heterocycles. The Morgan fingerprint density at radius 2 is 2.10 bits per heavy atom. The van der Waals surface area contributed by atoms with Gasteiger partial charge in [-0.25, -0.2) is 0 Å². The van der Waals surface area contributed by atoms with Crippen molar-refractivity contribution < 1.29 is 4.79 Å². The van der Waals surface area contributed by atoms with Gasteiger partial charge >= 0.3 is 0 Å². The normalized spacial score (nSPS) is 23.0. The van der Waals surface area contributed by atoms with Gasteiger partial charge in [-0.3, -0.25) is 9.69 Å². The molecule has 1 aromatic carbocycles. The first-order valence-electron chi connectivity index (χ1n) is 7.85. The number of hydrogen-bond donors (Lipinski definition) is 1. The van der Waals surface area contributed by atoms with Crippen LogP contribution in [-0.2, 0) is 11.3 Å². The van der Waals surface area contributed by atoms with Gasteiger partial charge in [-0.15, -0.1) is 0 Å². The maximum absolute atomic E-state index is 12.0. The maximum Gasteiger partial charge on any atom is 0.223 e. The summed E-state index contributed by atoms with van der Waals surface area (Å²) in [4.78, 5) is 16.4. The second-order valence-electron chi connectivity index (χ2n) is 6.03. The van der Waals surface area contributed by atoms with E-state index in [1.807, 2.05) is 11.9 Å². The van der Waals surface area contributed by atoms with Crippen molar-refractivity contribution in [1.29, 1.82) is 0 Å². The quantitative estimate of drug-likeness (QED) is 0.900. The first kappa shape index (κ1) is 16.0. The van der Waals surface area contributed by atoms with E-state index in [1.54, 1.807) is 0 Å². The van der Waals surface area contributed by atoms with Crippen LogP contribution in [0.4, 0.5) is 0 Å². The number of rotatable bonds is 5. The number of carbonyl (C=O) groups excluding carboxylic acids is 1. The third-order valence-corrected chi connectivity index (χ3v) is 4.51. The zero-order valence-electron chi connectivity index (χ0n) is 13.2. The fourth-order valence-corrected chi connectivity index (χ4v) is 3.10. The van der Waals surface area contributed by atoms with Crippen molar-refractivity contribution >= 4 is 5.91 Å². The Morgan fingerprint density at radius 1 is 1.38 bits per heavy atom. The predicted octanol–water partition coefficient (Wildman–Crippen LogP) is 1.85. The van der Waals surface area contributed by atoms with Crippen molar-refractivity contribution in [3.63, 3.8) is 0 Å². The fourth-order valence-electron chi connectivity index (χ4n) is 3.10. The Bertz CT molecular complexity index is 449. The van der Waals surface area contributed by atoms with E-state index in [9.17, 15) is 4.79 Å². The van der Waals surface area contributed by atoms with Crippen LogP contribution in [0.3, 0.4) is 0 Å². The highest BCUT2D eigenvalue weighted by Gasteiger charge is 2.29. The fraction of sp³-hybridized carbons (Fsp3) is 0.588. The average molecular weight is 289 g/mol. The van der Waals surface area contributed by atoms with E-state index in [4.69, 9.17) is 5.73 Å². The molecule has 2 N–H and O–H groups in total. The molecule has 0 aliphatic carbocycles. The van der Waals surface area contributed by atoms with E-state index in [0.29, 0.717) is 25.0 Å². The van der Waals surface area contributed by atoms with Crippen LogP contribution in [0.2, 0.25) is 0 Å². The standard InChI is InChI=1S/C17H27N3O/c1-14-12-16(19(2)17(21)8-10-18)9-11-20(14)13-15-6-4-3-5-7-15/h3-7,14,16H,8-13,18H2,1-2H3. The second-order valence-corrected chi connectivity index (χ2v) is 6.03. The Labute approximate surface area is 127 Å². The molecular formula is C17H27N3O. The van der Waals surface area contributed by atoms with Gasteiger partial charge in [0.2, 0.25) is 5.91 Å². The Morgan fingerprint density at radius 3 is 2.71 bits per heavy atom. The van der Waals surface area contributed by atoms with Gasteiger partial charge in [0, 0.05) is 45.2 Å². The Hall–Kier alpha value is -1.39. The summed E-state index contributed by atoms with van der Waals surface area (Å²) in [5, 5.41) is 0. The van der Waals surface area contributed by atoms with Crippen LogP contribution >= 0.6 is 0 Å². The van der Waals surface area contributed by atoms with E-state index >= 15 is 0 Å². The van der Waals surface area contributed by atoms with Crippen LogP contribution < -0.4 is 5.73 Å². The molecule has 0 aromatic heterocycles. The molecule has 4 nitrogen and oxygen atoms in total. The lowest BCUT2D eigenvalue weighted by Gasteiger charge is -2.41.